The highest BCUT2D eigenvalue weighted by Gasteiger charge is 2.19. The summed E-state index contributed by atoms with van der Waals surface area (Å²) in [6.07, 6.45) is 2.21. The largest absolute Gasteiger partial charge is 0.492 e. The van der Waals surface area contributed by atoms with Crippen LogP contribution in [-0.2, 0) is 13.1 Å². The molecule has 7 nitrogen and oxygen atoms in total. The van der Waals surface area contributed by atoms with E-state index < -0.39 is 11.5 Å². The van der Waals surface area contributed by atoms with Crippen molar-refractivity contribution in [2.75, 3.05) is 6.61 Å². The second-order valence-corrected chi connectivity index (χ2v) is 8.01. The number of fused-ring (bicyclic) bond motifs is 1. The lowest BCUT2D eigenvalue weighted by atomic mass is 10.1. The smallest absolute Gasteiger partial charge is 0.337 e. The van der Waals surface area contributed by atoms with E-state index in [1.54, 1.807) is 4.57 Å². The number of hydrogen-bond acceptors (Lipinski definition) is 4. The van der Waals surface area contributed by atoms with E-state index in [1.807, 2.05) is 44.2 Å². The van der Waals surface area contributed by atoms with Crippen molar-refractivity contribution in [2.45, 2.75) is 33.4 Å². The Balaban J connectivity index is 1.79. The van der Waals surface area contributed by atoms with Gasteiger partial charge in [-0.1, -0.05) is 32.0 Å². The Morgan fingerprint density at radius 1 is 1.00 bits per heavy atom. The molecule has 8 heteroatoms. The van der Waals surface area contributed by atoms with E-state index in [2.05, 4.69) is 4.98 Å². The first-order valence-corrected chi connectivity index (χ1v) is 10.6. The first-order chi connectivity index (χ1) is 15.5. The molecule has 0 aliphatic carbocycles. The Hall–Kier alpha value is -3.68. The SMILES string of the molecule is CC(C)CCn1c(=O)c2c(ncn2CCOc2ccccc2)n(-c2ccc(F)cc2)c1=O. The van der Waals surface area contributed by atoms with E-state index >= 15 is 0 Å². The number of aromatic nitrogens is 4. The van der Waals surface area contributed by atoms with Crippen molar-refractivity contribution in [1.82, 2.24) is 18.7 Å². The van der Waals surface area contributed by atoms with Crippen LogP contribution in [0.15, 0.2) is 70.5 Å². The Morgan fingerprint density at radius 2 is 1.72 bits per heavy atom. The lowest BCUT2D eigenvalue weighted by Crippen LogP contribution is -2.40. The second kappa shape index (κ2) is 9.21. The van der Waals surface area contributed by atoms with Crippen LogP contribution in [0.25, 0.3) is 16.9 Å². The van der Waals surface area contributed by atoms with Gasteiger partial charge in [-0.25, -0.2) is 18.7 Å². The van der Waals surface area contributed by atoms with E-state index in [0.29, 0.717) is 36.7 Å². The van der Waals surface area contributed by atoms with Crippen molar-refractivity contribution in [2.24, 2.45) is 5.92 Å². The zero-order valence-corrected chi connectivity index (χ0v) is 18.1. The minimum absolute atomic E-state index is 0.243. The van der Waals surface area contributed by atoms with Gasteiger partial charge in [0.05, 0.1) is 18.6 Å². The van der Waals surface area contributed by atoms with E-state index in [4.69, 9.17) is 4.74 Å². The third-order valence-electron chi connectivity index (χ3n) is 5.26. The van der Waals surface area contributed by atoms with Crippen molar-refractivity contribution in [3.8, 4) is 11.4 Å². The maximum absolute atomic E-state index is 13.5. The fourth-order valence-electron chi connectivity index (χ4n) is 3.54. The van der Waals surface area contributed by atoms with Crippen molar-refractivity contribution < 1.29 is 9.13 Å². The number of hydrogen-bond donors (Lipinski definition) is 0. The lowest BCUT2D eigenvalue weighted by molar-refractivity contribution is 0.300. The standard InChI is InChI=1S/C24H25FN4O3/c1-17(2)12-13-28-23(30)21-22(29(24(28)31)19-10-8-18(25)9-11-19)26-16-27(21)14-15-32-20-6-4-3-5-7-20/h3-11,16-17H,12-15H2,1-2H3. The highest BCUT2D eigenvalue weighted by atomic mass is 19.1. The maximum Gasteiger partial charge on any atom is 0.337 e. The molecule has 0 radical (unpaired) electrons. The van der Waals surface area contributed by atoms with E-state index in [0.717, 1.165) is 5.75 Å². The molecule has 0 aliphatic heterocycles. The fraction of sp³-hybridized carbons (Fsp3) is 0.292. The number of halogens is 1. The highest BCUT2D eigenvalue weighted by molar-refractivity contribution is 5.72. The summed E-state index contributed by atoms with van der Waals surface area (Å²) >= 11 is 0. The molecular formula is C24H25FN4O3. The molecule has 0 atom stereocenters. The van der Waals surface area contributed by atoms with Crippen LogP contribution in [-0.4, -0.2) is 25.3 Å². The highest BCUT2D eigenvalue weighted by Crippen LogP contribution is 2.15. The summed E-state index contributed by atoms with van der Waals surface area (Å²) in [5.74, 6) is 0.643. The summed E-state index contributed by atoms with van der Waals surface area (Å²) in [6, 6.07) is 15.0. The van der Waals surface area contributed by atoms with Crippen molar-refractivity contribution in [3.05, 3.63) is 87.6 Å². The Labute approximate surface area is 184 Å². The summed E-state index contributed by atoms with van der Waals surface area (Å²) in [7, 11) is 0. The van der Waals surface area contributed by atoms with Crippen molar-refractivity contribution in [1.29, 1.82) is 0 Å². The molecule has 0 bridgehead atoms. The van der Waals surface area contributed by atoms with Crippen LogP contribution in [0.5, 0.6) is 5.75 Å². The first kappa shape index (κ1) is 21.5. The van der Waals surface area contributed by atoms with Gasteiger partial charge in [-0.3, -0.25) is 9.36 Å². The average molecular weight is 436 g/mol. The zero-order valence-electron chi connectivity index (χ0n) is 18.1. The summed E-state index contributed by atoms with van der Waals surface area (Å²) in [6.45, 7) is 5.07. The molecule has 2 aromatic carbocycles. The van der Waals surface area contributed by atoms with Gasteiger partial charge in [0.1, 0.15) is 18.2 Å². The molecule has 4 aromatic rings. The zero-order chi connectivity index (χ0) is 22.7. The van der Waals surface area contributed by atoms with Crippen LogP contribution in [0.2, 0.25) is 0 Å². The van der Waals surface area contributed by atoms with Crippen LogP contribution in [0.1, 0.15) is 20.3 Å². The number of benzene rings is 2. The summed E-state index contributed by atoms with van der Waals surface area (Å²) in [5.41, 5.74) is 0.133. The fourth-order valence-corrected chi connectivity index (χ4v) is 3.54. The molecule has 0 unspecified atom stereocenters. The molecule has 0 N–H and O–H groups in total. The van der Waals surface area contributed by atoms with Crippen molar-refractivity contribution >= 4 is 11.2 Å². The molecule has 2 heterocycles. The van der Waals surface area contributed by atoms with E-state index in [-0.39, 0.29) is 17.8 Å². The van der Waals surface area contributed by atoms with Gasteiger partial charge < -0.3 is 9.30 Å². The van der Waals surface area contributed by atoms with Gasteiger partial charge in [0, 0.05) is 6.54 Å². The molecule has 0 spiro atoms. The topological polar surface area (TPSA) is 71.0 Å². The molecule has 2 aromatic heterocycles. The number of para-hydroxylation sites is 1. The van der Waals surface area contributed by atoms with Crippen LogP contribution >= 0.6 is 0 Å². The van der Waals surface area contributed by atoms with Gasteiger partial charge in [0.15, 0.2) is 11.2 Å². The molecule has 0 amide bonds. The summed E-state index contributed by atoms with van der Waals surface area (Å²) < 4.78 is 23.5. The number of imidazole rings is 1. The predicted molar refractivity (Wildman–Crippen MR) is 121 cm³/mol. The number of ether oxygens (including phenoxy) is 1. The van der Waals surface area contributed by atoms with Crippen LogP contribution in [0.3, 0.4) is 0 Å². The Morgan fingerprint density at radius 3 is 2.41 bits per heavy atom. The molecular weight excluding hydrogens is 411 g/mol. The van der Waals surface area contributed by atoms with Crippen LogP contribution in [0, 0.1) is 11.7 Å². The van der Waals surface area contributed by atoms with Crippen LogP contribution < -0.4 is 16.0 Å². The number of nitrogens with zero attached hydrogens (tertiary/aromatic N) is 4. The average Bonchev–Trinajstić information content (AvgIpc) is 3.19. The monoisotopic (exact) mass is 436 g/mol. The van der Waals surface area contributed by atoms with Gasteiger partial charge in [-0.05, 0) is 48.7 Å². The number of rotatable bonds is 8. The summed E-state index contributed by atoms with van der Waals surface area (Å²) in [5, 5.41) is 0. The minimum Gasteiger partial charge on any atom is -0.492 e. The third-order valence-corrected chi connectivity index (χ3v) is 5.26. The molecule has 32 heavy (non-hydrogen) atoms. The van der Waals surface area contributed by atoms with Crippen molar-refractivity contribution in [3.63, 3.8) is 0 Å². The van der Waals surface area contributed by atoms with Crippen LogP contribution in [0.4, 0.5) is 4.39 Å². The first-order valence-electron chi connectivity index (χ1n) is 10.6. The van der Waals surface area contributed by atoms with Gasteiger partial charge in [-0.15, -0.1) is 0 Å². The van der Waals surface area contributed by atoms with Gasteiger partial charge in [0.2, 0.25) is 0 Å². The van der Waals surface area contributed by atoms with Gasteiger partial charge >= 0.3 is 5.69 Å². The Bertz CT molecular complexity index is 1320. The lowest BCUT2D eigenvalue weighted by Gasteiger charge is -2.14. The predicted octanol–water partition coefficient (Wildman–Crippen LogP) is 3.61. The normalized spacial score (nSPS) is 11.4. The molecule has 166 valence electrons. The molecule has 0 saturated heterocycles. The molecule has 0 aliphatic rings. The maximum atomic E-state index is 13.5. The minimum atomic E-state index is -0.486. The summed E-state index contributed by atoms with van der Waals surface area (Å²) in [4.78, 5) is 30.9. The third kappa shape index (κ3) is 4.34. The molecule has 0 saturated carbocycles. The quantitative estimate of drug-likeness (QED) is 0.423. The Kier molecular flexibility index (Phi) is 6.20. The second-order valence-electron chi connectivity index (χ2n) is 8.01. The van der Waals surface area contributed by atoms with E-state index in [1.165, 1.54) is 39.7 Å². The molecule has 4 rings (SSSR count). The van der Waals surface area contributed by atoms with E-state index in [9.17, 15) is 14.0 Å². The van der Waals surface area contributed by atoms with Gasteiger partial charge in [-0.2, -0.15) is 0 Å². The molecule has 0 fully saturated rings. The van der Waals surface area contributed by atoms with Gasteiger partial charge in [0.25, 0.3) is 5.56 Å².